The van der Waals surface area contributed by atoms with Crippen molar-refractivity contribution in [1.82, 2.24) is 5.32 Å². The number of carbonyl (C=O) groups is 1. The molecule has 118 valence electrons. The maximum atomic E-state index is 12.0. The zero-order valence-corrected chi connectivity index (χ0v) is 13.9. The van der Waals surface area contributed by atoms with Crippen LogP contribution in [0.3, 0.4) is 0 Å². The number of amides is 1. The lowest BCUT2D eigenvalue weighted by Gasteiger charge is -2.10. The fraction of sp³-hybridized carbons (Fsp3) is 0.300. The number of hydrogen-bond acceptors (Lipinski definition) is 3. The van der Waals surface area contributed by atoms with Gasteiger partial charge >= 0.3 is 6.18 Å². The molecule has 1 rings (SSSR count). The lowest BCUT2D eigenvalue weighted by Crippen LogP contribution is -2.28. The Labute approximate surface area is 136 Å². The maximum Gasteiger partial charge on any atom is 0.390 e. The summed E-state index contributed by atoms with van der Waals surface area (Å²) in [6.07, 6.45) is -5.63. The first-order chi connectivity index (χ1) is 9.42. The van der Waals surface area contributed by atoms with Crippen molar-refractivity contribution in [2.45, 2.75) is 17.5 Å². The highest BCUT2D eigenvalue weighted by molar-refractivity contribution is 9.10. The van der Waals surface area contributed by atoms with Crippen LogP contribution in [-0.4, -0.2) is 27.0 Å². The van der Waals surface area contributed by atoms with Crippen LogP contribution in [0.15, 0.2) is 21.5 Å². The highest BCUT2D eigenvalue weighted by Gasteiger charge is 2.27. The number of hydrogen-bond donors (Lipinski definition) is 1. The Bertz CT molecular complexity index is 664. The van der Waals surface area contributed by atoms with Gasteiger partial charge in [0.2, 0.25) is 0 Å². The van der Waals surface area contributed by atoms with Crippen molar-refractivity contribution in [3.8, 4) is 0 Å². The minimum Gasteiger partial charge on any atom is -0.352 e. The molecule has 0 aliphatic rings. The van der Waals surface area contributed by atoms with Gasteiger partial charge in [-0.05, 0) is 28.1 Å². The number of halogens is 6. The Balaban J connectivity index is 3.02. The van der Waals surface area contributed by atoms with E-state index in [4.69, 9.17) is 22.3 Å². The largest absolute Gasteiger partial charge is 0.390 e. The van der Waals surface area contributed by atoms with Gasteiger partial charge in [-0.3, -0.25) is 4.79 Å². The summed E-state index contributed by atoms with van der Waals surface area (Å²) in [5.41, 5.74) is -0.299. The van der Waals surface area contributed by atoms with Crippen LogP contribution in [0.1, 0.15) is 16.8 Å². The Kier molecular flexibility index (Phi) is 5.93. The molecule has 21 heavy (non-hydrogen) atoms. The van der Waals surface area contributed by atoms with Crippen LogP contribution < -0.4 is 5.32 Å². The monoisotopic (exact) mass is 427 g/mol. The summed E-state index contributed by atoms with van der Waals surface area (Å²) < 4.78 is 58.5. The fourth-order valence-corrected chi connectivity index (χ4v) is 2.87. The molecule has 0 fully saturated rings. The molecule has 1 aromatic carbocycles. The van der Waals surface area contributed by atoms with Crippen molar-refractivity contribution in [3.63, 3.8) is 0 Å². The van der Waals surface area contributed by atoms with E-state index in [-0.39, 0.29) is 15.1 Å². The molecule has 0 atom stereocenters. The Hall–Kier alpha value is -0.510. The summed E-state index contributed by atoms with van der Waals surface area (Å²) in [6, 6.07) is 1.97. The Morgan fingerprint density at radius 1 is 1.33 bits per heavy atom. The first-order valence-corrected chi connectivity index (χ1v) is 8.68. The zero-order valence-electron chi connectivity index (χ0n) is 9.97. The van der Waals surface area contributed by atoms with Gasteiger partial charge in [-0.2, -0.15) is 13.2 Å². The molecule has 0 spiro atoms. The van der Waals surface area contributed by atoms with Crippen molar-refractivity contribution in [2.24, 2.45) is 0 Å². The SMILES string of the molecule is O=C(NCCC(F)(F)F)c1cc(S(=O)(=O)Cl)cc(Br)c1Cl. The third-order valence-electron chi connectivity index (χ3n) is 2.22. The minimum atomic E-state index is -4.42. The molecule has 1 amide bonds. The van der Waals surface area contributed by atoms with E-state index in [9.17, 15) is 26.4 Å². The summed E-state index contributed by atoms with van der Waals surface area (Å²) >= 11 is 8.75. The summed E-state index contributed by atoms with van der Waals surface area (Å²) in [4.78, 5) is 11.4. The van der Waals surface area contributed by atoms with Crippen molar-refractivity contribution in [1.29, 1.82) is 0 Å². The molecule has 0 aliphatic heterocycles. The molecule has 0 heterocycles. The van der Waals surface area contributed by atoms with Gasteiger partial charge in [0.1, 0.15) is 0 Å². The Morgan fingerprint density at radius 2 is 1.90 bits per heavy atom. The van der Waals surface area contributed by atoms with Crippen LogP contribution in [0.25, 0.3) is 0 Å². The number of rotatable bonds is 4. The molecule has 11 heteroatoms. The van der Waals surface area contributed by atoms with E-state index in [1.54, 1.807) is 0 Å². The highest BCUT2D eigenvalue weighted by Crippen LogP contribution is 2.31. The van der Waals surface area contributed by atoms with E-state index in [1.165, 1.54) is 0 Å². The van der Waals surface area contributed by atoms with Crippen LogP contribution in [0, 0.1) is 0 Å². The van der Waals surface area contributed by atoms with Gasteiger partial charge in [-0.15, -0.1) is 0 Å². The summed E-state index contributed by atoms with van der Waals surface area (Å²) in [6.45, 7) is -0.659. The molecular formula is C10H7BrCl2F3NO3S. The van der Waals surface area contributed by atoms with Crippen molar-refractivity contribution in [2.75, 3.05) is 6.54 Å². The third kappa shape index (κ3) is 5.65. The molecule has 1 N–H and O–H groups in total. The van der Waals surface area contributed by atoms with E-state index in [0.717, 1.165) is 12.1 Å². The second-order valence-electron chi connectivity index (χ2n) is 3.83. The molecule has 0 radical (unpaired) electrons. The quantitative estimate of drug-likeness (QED) is 0.743. The standard InChI is InChI=1S/C10H7BrCl2F3NO3S/c11-7-4-5(21(13,19)20)3-6(8(7)12)9(18)17-2-1-10(14,15)16/h3-4H,1-2H2,(H,17,18). The van der Waals surface area contributed by atoms with Crippen LogP contribution in [-0.2, 0) is 9.05 Å². The predicted molar refractivity (Wildman–Crippen MR) is 75.2 cm³/mol. The lowest BCUT2D eigenvalue weighted by atomic mass is 10.2. The van der Waals surface area contributed by atoms with Gasteiger partial charge in [0, 0.05) is 21.7 Å². The first-order valence-electron chi connectivity index (χ1n) is 5.20. The van der Waals surface area contributed by atoms with Gasteiger partial charge in [0.05, 0.1) is 21.9 Å². The zero-order chi connectivity index (χ0) is 16.4. The van der Waals surface area contributed by atoms with Crippen LogP contribution >= 0.6 is 38.2 Å². The van der Waals surface area contributed by atoms with Crippen LogP contribution in [0.5, 0.6) is 0 Å². The topological polar surface area (TPSA) is 63.2 Å². The minimum absolute atomic E-state index is 0.0758. The van der Waals surface area contributed by atoms with Gasteiger partial charge in [-0.1, -0.05) is 11.6 Å². The fourth-order valence-electron chi connectivity index (χ4n) is 1.28. The number of benzene rings is 1. The molecule has 4 nitrogen and oxygen atoms in total. The average Bonchev–Trinajstić information content (AvgIpc) is 2.29. The van der Waals surface area contributed by atoms with E-state index < -0.39 is 39.0 Å². The molecule has 0 aliphatic carbocycles. The number of carbonyl (C=O) groups excluding carboxylic acids is 1. The molecule has 0 saturated carbocycles. The molecule has 0 aromatic heterocycles. The van der Waals surface area contributed by atoms with Crippen molar-refractivity contribution >= 4 is 53.2 Å². The van der Waals surface area contributed by atoms with E-state index in [1.807, 2.05) is 5.32 Å². The molecule has 0 unspecified atom stereocenters. The first kappa shape index (κ1) is 18.5. The van der Waals surface area contributed by atoms with Gasteiger partial charge in [-0.25, -0.2) is 8.42 Å². The summed E-state index contributed by atoms with van der Waals surface area (Å²) in [7, 11) is 1.03. The second-order valence-corrected chi connectivity index (χ2v) is 7.62. The summed E-state index contributed by atoms with van der Waals surface area (Å²) in [5, 5.41) is 1.86. The normalized spacial score (nSPS) is 12.3. The predicted octanol–water partition coefficient (Wildman–Crippen LogP) is 3.71. The second kappa shape index (κ2) is 6.72. The van der Waals surface area contributed by atoms with E-state index in [0.29, 0.717) is 0 Å². The molecule has 0 saturated heterocycles. The van der Waals surface area contributed by atoms with E-state index >= 15 is 0 Å². The van der Waals surface area contributed by atoms with Crippen LogP contribution in [0.4, 0.5) is 13.2 Å². The van der Waals surface area contributed by atoms with Gasteiger partial charge < -0.3 is 5.32 Å². The molecule has 0 bridgehead atoms. The third-order valence-corrected chi connectivity index (χ3v) is 4.82. The number of nitrogens with one attached hydrogen (secondary N) is 1. The molecular weight excluding hydrogens is 422 g/mol. The number of alkyl halides is 3. The van der Waals surface area contributed by atoms with Gasteiger partial charge in [0.15, 0.2) is 0 Å². The average molecular weight is 429 g/mol. The summed E-state index contributed by atoms with van der Waals surface area (Å²) in [5.74, 6) is -0.938. The van der Waals surface area contributed by atoms with Crippen molar-refractivity contribution in [3.05, 3.63) is 27.2 Å². The highest BCUT2D eigenvalue weighted by atomic mass is 79.9. The van der Waals surface area contributed by atoms with E-state index in [2.05, 4.69) is 15.9 Å². The lowest BCUT2D eigenvalue weighted by molar-refractivity contribution is -0.132. The maximum absolute atomic E-state index is 12.0. The smallest absolute Gasteiger partial charge is 0.352 e. The van der Waals surface area contributed by atoms with Crippen LogP contribution in [0.2, 0.25) is 5.02 Å². The Morgan fingerprint density at radius 3 is 2.38 bits per heavy atom. The molecule has 1 aromatic rings. The van der Waals surface area contributed by atoms with Gasteiger partial charge in [0.25, 0.3) is 15.0 Å². The van der Waals surface area contributed by atoms with Crippen molar-refractivity contribution < 1.29 is 26.4 Å².